The van der Waals surface area contributed by atoms with Crippen LogP contribution in [-0.2, 0) is 6.18 Å². The quantitative estimate of drug-likeness (QED) is 0.533. The van der Waals surface area contributed by atoms with Crippen LogP contribution in [0.4, 0.5) is 13.2 Å². The Morgan fingerprint density at radius 3 is 2.22 bits per heavy atom. The van der Waals surface area contributed by atoms with Gasteiger partial charge in [-0.05, 0) is 12.1 Å². The van der Waals surface area contributed by atoms with Crippen molar-refractivity contribution in [1.29, 1.82) is 0 Å². The van der Waals surface area contributed by atoms with Gasteiger partial charge in [0.05, 0.1) is 6.26 Å². The second-order valence-corrected chi connectivity index (χ2v) is 1.48. The van der Waals surface area contributed by atoms with Crippen LogP contribution < -0.4 is 0 Å². The highest BCUT2D eigenvalue weighted by Crippen LogP contribution is 2.28. The van der Waals surface area contributed by atoms with Crippen molar-refractivity contribution in [1.82, 2.24) is 0 Å². The predicted octanol–water partition coefficient (Wildman–Crippen LogP) is 2.30. The van der Waals surface area contributed by atoms with E-state index in [9.17, 15) is 13.2 Å². The fourth-order valence-corrected chi connectivity index (χ4v) is 0.440. The maximum Gasteiger partial charge on any atom is 0.449 e. The van der Waals surface area contributed by atoms with E-state index in [0.29, 0.717) is 0 Å². The monoisotopic (exact) mass is 136 g/mol. The smallest absolute Gasteiger partial charge is 0.449 e. The summed E-state index contributed by atoms with van der Waals surface area (Å²) in [7, 11) is 0. The highest BCUT2D eigenvalue weighted by molar-refractivity contribution is 5.01. The molecule has 0 bridgehead atoms. The lowest BCUT2D eigenvalue weighted by atomic mass is 10.4. The van der Waals surface area contributed by atoms with Gasteiger partial charge in [0.15, 0.2) is 0 Å². The maximum atomic E-state index is 11.5. The molecule has 9 heavy (non-hydrogen) atoms. The van der Waals surface area contributed by atoms with Gasteiger partial charge in [-0.1, -0.05) is 0 Å². The molecule has 0 amide bonds. The molecule has 0 N–H and O–H groups in total. The molecular weight excluding hydrogens is 133 g/mol. The molecule has 1 heterocycles. The van der Waals surface area contributed by atoms with E-state index in [1.165, 1.54) is 6.07 Å². The Kier molecular flexibility index (Phi) is 1.23. The van der Waals surface area contributed by atoms with Crippen molar-refractivity contribution in [2.75, 3.05) is 0 Å². The summed E-state index contributed by atoms with van der Waals surface area (Å²) in [5, 5.41) is 0. The van der Waals surface area contributed by atoms with E-state index in [1.807, 2.05) is 0 Å². The van der Waals surface area contributed by atoms with Crippen molar-refractivity contribution in [3.8, 4) is 0 Å². The first kappa shape index (κ1) is 6.19. The van der Waals surface area contributed by atoms with Crippen molar-refractivity contribution >= 4 is 0 Å². The molecule has 0 radical (unpaired) electrons. The van der Waals surface area contributed by atoms with E-state index in [2.05, 4.69) is 4.42 Å². The van der Waals surface area contributed by atoms with E-state index in [0.717, 1.165) is 12.3 Å². The number of rotatable bonds is 0. The first-order valence-electron chi connectivity index (χ1n) is 2.21. The average molecular weight is 136 g/mol. The molecule has 0 aliphatic rings. The van der Waals surface area contributed by atoms with E-state index >= 15 is 0 Å². The lowest BCUT2D eigenvalue weighted by Gasteiger charge is -1.98. The van der Waals surface area contributed by atoms with Crippen LogP contribution in [0.15, 0.2) is 22.8 Å². The summed E-state index contributed by atoms with van der Waals surface area (Å²) in [6.45, 7) is 0. The first-order valence-corrected chi connectivity index (χ1v) is 2.21. The minimum absolute atomic E-state index is 0.875. The summed E-state index contributed by atoms with van der Waals surface area (Å²) >= 11 is 0. The average Bonchev–Trinajstić information content (AvgIpc) is 2.08. The molecule has 0 unspecified atom stereocenters. The maximum absolute atomic E-state index is 11.5. The fourth-order valence-electron chi connectivity index (χ4n) is 0.440. The van der Waals surface area contributed by atoms with Crippen LogP contribution in [-0.4, -0.2) is 0 Å². The first-order chi connectivity index (χ1) is 4.11. The van der Waals surface area contributed by atoms with E-state index in [-0.39, 0.29) is 0 Å². The van der Waals surface area contributed by atoms with Crippen molar-refractivity contribution in [2.24, 2.45) is 0 Å². The third-order valence-electron chi connectivity index (χ3n) is 0.801. The van der Waals surface area contributed by atoms with Gasteiger partial charge < -0.3 is 4.42 Å². The minimum atomic E-state index is -4.34. The van der Waals surface area contributed by atoms with Gasteiger partial charge in [-0.2, -0.15) is 13.2 Å². The SMILES string of the molecule is FC(F)(F)c1ccco1. The molecule has 1 rings (SSSR count). The van der Waals surface area contributed by atoms with E-state index < -0.39 is 11.9 Å². The summed E-state index contributed by atoms with van der Waals surface area (Å²) in [6, 6.07) is 2.07. The van der Waals surface area contributed by atoms with Crippen LogP contribution in [0.1, 0.15) is 5.76 Å². The molecule has 0 saturated heterocycles. The number of furan rings is 1. The summed E-state index contributed by atoms with van der Waals surface area (Å²) in [5.41, 5.74) is 0. The zero-order valence-electron chi connectivity index (χ0n) is 4.27. The van der Waals surface area contributed by atoms with Crippen LogP contribution in [0.5, 0.6) is 0 Å². The standard InChI is InChI=1S/C5H3F3O/c6-5(7,8)4-2-1-3-9-4/h1-3H. The van der Waals surface area contributed by atoms with Crippen LogP contribution in [0.25, 0.3) is 0 Å². The van der Waals surface area contributed by atoms with Crippen LogP contribution >= 0.6 is 0 Å². The molecule has 4 heteroatoms. The normalized spacial score (nSPS) is 11.9. The predicted molar refractivity (Wildman–Crippen MR) is 23.7 cm³/mol. The lowest BCUT2D eigenvalue weighted by molar-refractivity contribution is -0.153. The highest BCUT2D eigenvalue weighted by atomic mass is 19.4. The zero-order chi connectivity index (χ0) is 6.91. The Labute approximate surface area is 49.1 Å². The summed E-state index contributed by atoms with van der Waals surface area (Å²) < 4.78 is 38.7. The van der Waals surface area contributed by atoms with Gasteiger partial charge in [0.25, 0.3) is 0 Å². The van der Waals surface area contributed by atoms with Crippen molar-refractivity contribution in [2.45, 2.75) is 6.18 Å². The number of hydrogen-bond acceptors (Lipinski definition) is 1. The largest absolute Gasteiger partial charge is 0.460 e. The number of halogens is 3. The molecular formula is C5H3F3O. The second-order valence-electron chi connectivity index (χ2n) is 1.48. The van der Waals surface area contributed by atoms with Crippen LogP contribution in [0.3, 0.4) is 0 Å². The van der Waals surface area contributed by atoms with Crippen molar-refractivity contribution in [3.63, 3.8) is 0 Å². The molecule has 0 spiro atoms. The Bertz CT molecular complexity index is 175. The molecule has 0 aliphatic carbocycles. The molecule has 0 fully saturated rings. The Morgan fingerprint density at radius 2 is 2.00 bits per heavy atom. The third-order valence-corrected chi connectivity index (χ3v) is 0.801. The molecule has 50 valence electrons. The zero-order valence-corrected chi connectivity index (χ0v) is 4.27. The van der Waals surface area contributed by atoms with Crippen LogP contribution in [0, 0.1) is 0 Å². The second kappa shape index (κ2) is 1.79. The van der Waals surface area contributed by atoms with Crippen molar-refractivity contribution in [3.05, 3.63) is 24.2 Å². The van der Waals surface area contributed by atoms with E-state index in [4.69, 9.17) is 0 Å². The van der Waals surface area contributed by atoms with Gasteiger partial charge in [0.2, 0.25) is 5.76 Å². The van der Waals surface area contributed by atoms with Gasteiger partial charge in [0, 0.05) is 0 Å². The Balaban J connectivity index is 2.90. The highest BCUT2D eigenvalue weighted by Gasteiger charge is 2.33. The van der Waals surface area contributed by atoms with Gasteiger partial charge >= 0.3 is 6.18 Å². The molecule has 0 atom stereocenters. The van der Waals surface area contributed by atoms with Gasteiger partial charge in [-0.15, -0.1) is 0 Å². The number of hydrogen-bond donors (Lipinski definition) is 0. The van der Waals surface area contributed by atoms with Crippen LogP contribution in [0.2, 0.25) is 0 Å². The number of alkyl halides is 3. The molecule has 1 aromatic rings. The van der Waals surface area contributed by atoms with Gasteiger partial charge in [0.1, 0.15) is 0 Å². The molecule has 0 aromatic carbocycles. The van der Waals surface area contributed by atoms with Gasteiger partial charge in [-0.3, -0.25) is 0 Å². The summed E-state index contributed by atoms with van der Waals surface area (Å²) in [6.07, 6.45) is -3.35. The van der Waals surface area contributed by atoms with E-state index in [1.54, 1.807) is 0 Å². The topological polar surface area (TPSA) is 13.1 Å². The van der Waals surface area contributed by atoms with Gasteiger partial charge in [-0.25, -0.2) is 0 Å². The molecule has 1 nitrogen and oxygen atoms in total. The molecule has 1 aromatic heterocycles. The Morgan fingerprint density at radius 1 is 1.33 bits per heavy atom. The summed E-state index contributed by atoms with van der Waals surface area (Å²) in [4.78, 5) is 0. The van der Waals surface area contributed by atoms with Crippen molar-refractivity contribution < 1.29 is 17.6 Å². The fraction of sp³-hybridized carbons (Fsp3) is 0.200. The Hall–Kier alpha value is -0.930. The lowest BCUT2D eigenvalue weighted by Crippen LogP contribution is -2.01. The summed E-state index contributed by atoms with van der Waals surface area (Å²) in [5.74, 6) is -0.956. The molecule has 0 aliphatic heterocycles. The molecule has 0 saturated carbocycles. The minimum Gasteiger partial charge on any atom is -0.460 e. The third kappa shape index (κ3) is 1.25.